The summed E-state index contributed by atoms with van der Waals surface area (Å²) in [6.07, 6.45) is 6.36. The topological polar surface area (TPSA) is 81.0 Å². The van der Waals surface area contributed by atoms with E-state index in [-0.39, 0.29) is 5.56 Å². The summed E-state index contributed by atoms with van der Waals surface area (Å²) < 4.78 is 5.71. The average molecular weight is 251 g/mol. The van der Waals surface area contributed by atoms with E-state index in [4.69, 9.17) is 10.5 Å². The molecule has 0 amide bonds. The molecule has 18 heavy (non-hydrogen) atoms. The predicted octanol–water partition coefficient (Wildman–Crippen LogP) is 1.86. The first-order valence-electron chi connectivity index (χ1n) is 6.51. The van der Waals surface area contributed by atoms with Crippen LogP contribution in [-0.4, -0.2) is 17.1 Å². The number of aromatic amines is 1. The van der Waals surface area contributed by atoms with Gasteiger partial charge in [0.2, 0.25) is 0 Å². The molecule has 3 N–H and O–H groups in total. The molecular weight excluding hydrogens is 230 g/mol. The Bertz CT molecular complexity index is 474. The highest BCUT2D eigenvalue weighted by Crippen LogP contribution is 2.37. The maximum Gasteiger partial charge on any atom is 0.255 e. The van der Waals surface area contributed by atoms with Gasteiger partial charge in [-0.05, 0) is 19.8 Å². The molecule has 0 bridgehead atoms. The standard InChI is InChI=1S/C13H21N3O2/c1-9-10(14)15-12(16-11(9)17)13(18-2)7-5-3-4-6-8-13/h3-8H2,1-2H3,(H3,14,15,16,17). The van der Waals surface area contributed by atoms with Gasteiger partial charge in [-0.15, -0.1) is 0 Å². The van der Waals surface area contributed by atoms with E-state index in [1.165, 1.54) is 12.8 Å². The molecule has 0 radical (unpaired) electrons. The number of methoxy groups -OCH3 is 1. The lowest BCUT2D eigenvalue weighted by Crippen LogP contribution is -2.33. The molecule has 5 heteroatoms. The highest BCUT2D eigenvalue weighted by molar-refractivity contribution is 5.36. The number of hydrogen-bond donors (Lipinski definition) is 2. The summed E-state index contributed by atoms with van der Waals surface area (Å²) in [4.78, 5) is 19.0. The number of aromatic nitrogens is 2. The van der Waals surface area contributed by atoms with E-state index in [1.54, 1.807) is 14.0 Å². The molecule has 5 nitrogen and oxygen atoms in total. The normalized spacial score (nSPS) is 19.4. The lowest BCUT2D eigenvalue weighted by atomic mass is 9.93. The first-order valence-corrected chi connectivity index (χ1v) is 6.51. The predicted molar refractivity (Wildman–Crippen MR) is 70.4 cm³/mol. The minimum absolute atomic E-state index is 0.168. The molecule has 1 aromatic heterocycles. The SMILES string of the molecule is COC1(c2nc(N)c(C)c(=O)[nH]2)CCCCCC1. The van der Waals surface area contributed by atoms with Crippen molar-refractivity contribution >= 4 is 5.82 Å². The van der Waals surface area contributed by atoms with Gasteiger partial charge in [0.25, 0.3) is 5.56 Å². The Morgan fingerprint density at radius 1 is 1.28 bits per heavy atom. The smallest absolute Gasteiger partial charge is 0.255 e. The maximum absolute atomic E-state index is 11.8. The van der Waals surface area contributed by atoms with Crippen molar-refractivity contribution in [2.24, 2.45) is 0 Å². The van der Waals surface area contributed by atoms with Crippen LogP contribution in [0.25, 0.3) is 0 Å². The largest absolute Gasteiger partial charge is 0.383 e. The van der Waals surface area contributed by atoms with Crippen LogP contribution in [0.15, 0.2) is 4.79 Å². The molecule has 0 unspecified atom stereocenters. The summed E-state index contributed by atoms with van der Waals surface area (Å²) in [5.74, 6) is 0.884. The Balaban J connectivity index is 2.46. The monoisotopic (exact) mass is 251 g/mol. The molecule has 2 rings (SSSR count). The minimum atomic E-state index is -0.475. The van der Waals surface area contributed by atoms with Crippen LogP contribution in [0.5, 0.6) is 0 Å². The van der Waals surface area contributed by atoms with E-state index in [0.29, 0.717) is 17.2 Å². The first kappa shape index (κ1) is 13.1. The first-order chi connectivity index (χ1) is 8.59. The number of H-pyrrole nitrogens is 1. The molecule has 0 atom stereocenters. The molecule has 1 aromatic rings. The number of ether oxygens (including phenoxy) is 1. The third kappa shape index (κ3) is 2.27. The zero-order valence-corrected chi connectivity index (χ0v) is 11.1. The van der Waals surface area contributed by atoms with Crippen LogP contribution >= 0.6 is 0 Å². The van der Waals surface area contributed by atoms with E-state index < -0.39 is 5.60 Å². The molecule has 1 saturated carbocycles. The zero-order chi connectivity index (χ0) is 13.2. The van der Waals surface area contributed by atoms with Crippen molar-refractivity contribution in [1.29, 1.82) is 0 Å². The lowest BCUT2D eigenvalue weighted by molar-refractivity contribution is -0.0352. The van der Waals surface area contributed by atoms with Crippen LogP contribution < -0.4 is 11.3 Å². The number of anilines is 1. The third-order valence-electron chi connectivity index (χ3n) is 3.92. The van der Waals surface area contributed by atoms with Gasteiger partial charge in [0, 0.05) is 7.11 Å². The Kier molecular flexibility index (Phi) is 3.71. The van der Waals surface area contributed by atoms with Crippen LogP contribution in [0.2, 0.25) is 0 Å². The molecule has 1 aliphatic rings. The molecule has 0 saturated heterocycles. The van der Waals surface area contributed by atoms with Crippen LogP contribution in [0.1, 0.15) is 49.9 Å². The van der Waals surface area contributed by atoms with Crippen molar-refractivity contribution in [3.63, 3.8) is 0 Å². The van der Waals surface area contributed by atoms with Crippen molar-refractivity contribution in [2.45, 2.75) is 51.0 Å². The van der Waals surface area contributed by atoms with Gasteiger partial charge >= 0.3 is 0 Å². The second-order valence-corrected chi connectivity index (χ2v) is 5.04. The van der Waals surface area contributed by atoms with Crippen LogP contribution in [0.3, 0.4) is 0 Å². The van der Waals surface area contributed by atoms with Crippen molar-refractivity contribution in [1.82, 2.24) is 9.97 Å². The quantitative estimate of drug-likeness (QED) is 0.786. The molecule has 0 spiro atoms. The third-order valence-corrected chi connectivity index (χ3v) is 3.92. The average Bonchev–Trinajstić information content (AvgIpc) is 2.61. The molecule has 0 aliphatic heterocycles. The fourth-order valence-electron chi connectivity index (χ4n) is 2.60. The fourth-order valence-corrected chi connectivity index (χ4v) is 2.60. The van der Waals surface area contributed by atoms with Crippen LogP contribution in [0.4, 0.5) is 5.82 Å². The highest BCUT2D eigenvalue weighted by atomic mass is 16.5. The maximum atomic E-state index is 11.8. The van der Waals surface area contributed by atoms with E-state index in [0.717, 1.165) is 25.7 Å². The van der Waals surface area contributed by atoms with Crippen LogP contribution in [0, 0.1) is 6.92 Å². The van der Waals surface area contributed by atoms with Crippen molar-refractivity contribution in [3.05, 3.63) is 21.7 Å². The summed E-state index contributed by atoms with van der Waals surface area (Å²) in [6, 6.07) is 0. The molecule has 1 aliphatic carbocycles. The number of hydrogen-bond acceptors (Lipinski definition) is 4. The lowest BCUT2D eigenvalue weighted by Gasteiger charge is -2.30. The number of nitrogens with zero attached hydrogens (tertiary/aromatic N) is 1. The minimum Gasteiger partial charge on any atom is -0.383 e. The summed E-state index contributed by atoms with van der Waals surface area (Å²) in [6.45, 7) is 1.68. The molecule has 100 valence electrons. The van der Waals surface area contributed by atoms with Gasteiger partial charge in [-0.25, -0.2) is 4.98 Å². The number of nitrogens with two attached hydrogens (primary N) is 1. The Labute approximate surface area is 107 Å². The van der Waals surface area contributed by atoms with E-state index in [1.807, 2.05) is 0 Å². The van der Waals surface area contributed by atoms with E-state index >= 15 is 0 Å². The van der Waals surface area contributed by atoms with Gasteiger partial charge in [-0.1, -0.05) is 25.7 Å². The number of nitrogens with one attached hydrogen (secondary N) is 1. The van der Waals surface area contributed by atoms with Gasteiger partial charge < -0.3 is 15.5 Å². The highest BCUT2D eigenvalue weighted by Gasteiger charge is 2.35. The van der Waals surface area contributed by atoms with Gasteiger partial charge in [0.05, 0.1) is 5.56 Å². The molecular formula is C13H21N3O2. The van der Waals surface area contributed by atoms with Crippen molar-refractivity contribution in [2.75, 3.05) is 12.8 Å². The Morgan fingerprint density at radius 2 is 1.89 bits per heavy atom. The van der Waals surface area contributed by atoms with Crippen molar-refractivity contribution < 1.29 is 4.74 Å². The van der Waals surface area contributed by atoms with Gasteiger partial charge in [-0.3, -0.25) is 4.79 Å². The zero-order valence-electron chi connectivity index (χ0n) is 11.1. The van der Waals surface area contributed by atoms with E-state index in [9.17, 15) is 4.79 Å². The molecule has 1 heterocycles. The Morgan fingerprint density at radius 3 is 2.39 bits per heavy atom. The second-order valence-electron chi connectivity index (χ2n) is 5.04. The molecule has 0 aromatic carbocycles. The number of rotatable bonds is 2. The Hall–Kier alpha value is -1.36. The van der Waals surface area contributed by atoms with Gasteiger partial charge in [0.1, 0.15) is 17.2 Å². The van der Waals surface area contributed by atoms with E-state index in [2.05, 4.69) is 9.97 Å². The summed E-state index contributed by atoms with van der Waals surface area (Å²) in [7, 11) is 1.68. The van der Waals surface area contributed by atoms with Gasteiger partial charge in [-0.2, -0.15) is 0 Å². The molecule has 1 fully saturated rings. The van der Waals surface area contributed by atoms with Crippen LogP contribution in [-0.2, 0) is 10.3 Å². The number of nitrogen functional groups attached to an aromatic ring is 1. The van der Waals surface area contributed by atoms with Gasteiger partial charge in [0.15, 0.2) is 0 Å². The second kappa shape index (κ2) is 5.10. The summed E-state index contributed by atoms with van der Waals surface area (Å²) in [5, 5.41) is 0. The fraction of sp³-hybridized carbons (Fsp3) is 0.692. The van der Waals surface area contributed by atoms with Crippen molar-refractivity contribution in [3.8, 4) is 0 Å². The summed E-state index contributed by atoms with van der Waals surface area (Å²) in [5.41, 5.74) is 5.62. The summed E-state index contributed by atoms with van der Waals surface area (Å²) >= 11 is 0.